The number of fused-ring (bicyclic) bond motifs is 1. The smallest absolute Gasteiger partial charge is 0.256 e. The van der Waals surface area contributed by atoms with E-state index in [1.807, 2.05) is 29.2 Å². The zero-order valence-electron chi connectivity index (χ0n) is 15.7. The lowest BCUT2D eigenvalue weighted by atomic mass is 10.1. The number of piperazine rings is 1. The molecule has 10 heteroatoms. The van der Waals surface area contributed by atoms with Crippen LogP contribution in [0.4, 0.5) is 5.69 Å². The molecule has 4 rings (SSSR count). The first-order chi connectivity index (χ1) is 13.9. The van der Waals surface area contributed by atoms with Gasteiger partial charge in [0, 0.05) is 38.1 Å². The van der Waals surface area contributed by atoms with Crippen molar-refractivity contribution in [2.75, 3.05) is 36.8 Å². The molecule has 3 aliphatic rings. The number of carbonyl (C=O) groups is 2. The maximum Gasteiger partial charge on any atom is 0.256 e. The summed E-state index contributed by atoms with van der Waals surface area (Å²) in [5.41, 5.74) is 2.07. The van der Waals surface area contributed by atoms with Gasteiger partial charge in [-0.3, -0.25) is 9.59 Å². The minimum absolute atomic E-state index is 0.00378. The predicted octanol–water partition coefficient (Wildman–Crippen LogP) is -0.263. The molecule has 152 valence electrons. The normalized spacial score (nSPS) is 20.3. The van der Waals surface area contributed by atoms with E-state index in [1.165, 1.54) is 0 Å². The Labute approximate surface area is 168 Å². The maximum atomic E-state index is 12.6. The van der Waals surface area contributed by atoms with Crippen LogP contribution < -0.4 is 15.5 Å². The average Bonchev–Trinajstić information content (AvgIpc) is 2.71. The SMILES string of the molecule is O=C1CN(c2ccc(CNC(=O)C3=CC=CN4CCS(=O)(=O)N=C34)cc2)CCN1. The summed E-state index contributed by atoms with van der Waals surface area (Å²) in [6.07, 6.45) is 4.98. The van der Waals surface area contributed by atoms with E-state index in [9.17, 15) is 18.0 Å². The Kier molecular flexibility index (Phi) is 5.10. The molecule has 1 aromatic carbocycles. The Morgan fingerprint density at radius 1 is 1.21 bits per heavy atom. The van der Waals surface area contributed by atoms with Crippen LogP contribution in [0.15, 0.2) is 52.6 Å². The third-order valence-corrected chi connectivity index (χ3v) is 6.04. The first-order valence-corrected chi connectivity index (χ1v) is 10.9. The monoisotopic (exact) mass is 415 g/mol. The van der Waals surface area contributed by atoms with Crippen molar-refractivity contribution >= 4 is 33.4 Å². The lowest BCUT2D eigenvalue weighted by Gasteiger charge is -2.29. The molecule has 0 aromatic heterocycles. The van der Waals surface area contributed by atoms with Crippen LogP contribution in [0.3, 0.4) is 0 Å². The highest BCUT2D eigenvalue weighted by atomic mass is 32.2. The molecule has 2 N–H and O–H groups in total. The Hall–Kier alpha value is -3.14. The number of nitrogens with one attached hydrogen (secondary N) is 2. The summed E-state index contributed by atoms with van der Waals surface area (Å²) >= 11 is 0. The van der Waals surface area contributed by atoms with Gasteiger partial charge in [-0.25, -0.2) is 8.42 Å². The Balaban J connectivity index is 1.40. The van der Waals surface area contributed by atoms with Crippen molar-refractivity contribution < 1.29 is 18.0 Å². The van der Waals surface area contributed by atoms with E-state index >= 15 is 0 Å². The van der Waals surface area contributed by atoms with Gasteiger partial charge in [0.2, 0.25) is 5.91 Å². The number of nitrogens with zero attached hydrogens (tertiary/aromatic N) is 3. The third-order valence-electron chi connectivity index (χ3n) is 4.90. The average molecular weight is 415 g/mol. The van der Waals surface area contributed by atoms with E-state index in [-0.39, 0.29) is 35.5 Å². The molecule has 1 aromatic rings. The molecule has 2 amide bonds. The van der Waals surface area contributed by atoms with Crippen LogP contribution in [0, 0.1) is 0 Å². The summed E-state index contributed by atoms with van der Waals surface area (Å²) in [5, 5.41) is 5.61. The molecule has 29 heavy (non-hydrogen) atoms. The van der Waals surface area contributed by atoms with Crippen molar-refractivity contribution in [1.82, 2.24) is 15.5 Å². The molecule has 0 unspecified atom stereocenters. The second kappa shape index (κ2) is 7.70. The molecule has 9 nitrogen and oxygen atoms in total. The summed E-state index contributed by atoms with van der Waals surface area (Å²) in [6, 6.07) is 7.63. The van der Waals surface area contributed by atoms with Crippen LogP contribution in [0.2, 0.25) is 0 Å². The zero-order valence-corrected chi connectivity index (χ0v) is 16.5. The van der Waals surface area contributed by atoms with Gasteiger partial charge in [0.15, 0.2) is 5.84 Å². The molecule has 0 radical (unpaired) electrons. The summed E-state index contributed by atoms with van der Waals surface area (Å²) in [4.78, 5) is 27.8. The van der Waals surface area contributed by atoms with E-state index in [4.69, 9.17) is 0 Å². The number of amidine groups is 1. The minimum Gasteiger partial charge on any atom is -0.360 e. The van der Waals surface area contributed by atoms with Gasteiger partial charge in [-0.2, -0.15) is 0 Å². The van der Waals surface area contributed by atoms with Crippen molar-refractivity contribution in [3.05, 3.63) is 53.8 Å². The standard InChI is InChI=1S/C19H21N5O4S/c25-17-13-24(9-7-20-17)15-5-3-14(4-6-15)12-21-19(26)16-2-1-8-23-10-11-29(27,28)22-18(16)23/h1-6,8H,7,9-13H2,(H,20,25)(H,21,26). The zero-order chi connectivity index (χ0) is 20.4. The van der Waals surface area contributed by atoms with Gasteiger partial charge in [0.05, 0.1) is 17.9 Å². The molecular formula is C19H21N5O4S. The van der Waals surface area contributed by atoms with E-state index in [2.05, 4.69) is 15.0 Å². The Morgan fingerprint density at radius 2 is 2.00 bits per heavy atom. The first kappa shape index (κ1) is 19.2. The highest BCUT2D eigenvalue weighted by Gasteiger charge is 2.29. The number of allylic oxidation sites excluding steroid dienone is 2. The quantitative estimate of drug-likeness (QED) is 0.701. The highest BCUT2D eigenvalue weighted by Crippen LogP contribution is 2.19. The first-order valence-electron chi connectivity index (χ1n) is 9.28. The van der Waals surface area contributed by atoms with Crippen LogP contribution in [0.25, 0.3) is 0 Å². The van der Waals surface area contributed by atoms with Crippen LogP contribution in [-0.4, -0.2) is 62.9 Å². The highest BCUT2D eigenvalue weighted by molar-refractivity contribution is 7.90. The maximum absolute atomic E-state index is 12.6. The van der Waals surface area contributed by atoms with E-state index in [1.54, 1.807) is 23.3 Å². The lowest BCUT2D eigenvalue weighted by molar-refractivity contribution is -0.120. The van der Waals surface area contributed by atoms with Gasteiger partial charge in [0.1, 0.15) is 0 Å². The van der Waals surface area contributed by atoms with Crippen LogP contribution in [-0.2, 0) is 26.2 Å². The molecule has 0 atom stereocenters. The van der Waals surface area contributed by atoms with Gasteiger partial charge in [-0.1, -0.05) is 12.1 Å². The van der Waals surface area contributed by atoms with Crippen LogP contribution in [0.5, 0.6) is 0 Å². The lowest BCUT2D eigenvalue weighted by Crippen LogP contribution is -2.47. The topological polar surface area (TPSA) is 111 Å². The molecule has 0 aliphatic carbocycles. The molecule has 3 heterocycles. The number of amides is 2. The van der Waals surface area contributed by atoms with Gasteiger partial charge >= 0.3 is 0 Å². The van der Waals surface area contributed by atoms with E-state index in [0.717, 1.165) is 17.8 Å². The Bertz CT molecular complexity index is 1030. The Morgan fingerprint density at radius 3 is 2.76 bits per heavy atom. The minimum atomic E-state index is -3.55. The molecule has 3 aliphatic heterocycles. The third kappa shape index (κ3) is 4.32. The van der Waals surface area contributed by atoms with Crippen LogP contribution >= 0.6 is 0 Å². The van der Waals surface area contributed by atoms with Crippen molar-refractivity contribution in [3.8, 4) is 0 Å². The fraction of sp³-hybridized carbons (Fsp3) is 0.316. The number of sulfonamides is 1. The van der Waals surface area contributed by atoms with Crippen molar-refractivity contribution in [3.63, 3.8) is 0 Å². The largest absolute Gasteiger partial charge is 0.360 e. The molecule has 0 bridgehead atoms. The number of benzene rings is 1. The number of carbonyl (C=O) groups excluding carboxylic acids is 2. The summed E-state index contributed by atoms with van der Waals surface area (Å²) in [5.74, 6) is -0.285. The van der Waals surface area contributed by atoms with Gasteiger partial charge in [0.25, 0.3) is 15.9 Å². The van der Waals surface area contributed by atoms with E-state index < -0.39 is 10.0 Å². The molecular weight excluding hydrogens is 394 g/mol. The number of anilines is 1. The molecule has 1 saturated heterocycles. The number of rotatable bonds is 4. The van der Waals surface area contributed by atoms with Crippen LogP contribution in [0.1, 0.15) is 5.56 Å². The molecule has 0 spiro atoms. The fourth-order valence-corrected chi connectivity index (χ4v) is 4.34. The predicted molar refractivity (Wildman–Crippen MR) is 109 cm³/mol. The summed E-state index contributed by atoms with van der Waals surface area (Å²) in [6.45, 7) is 2.28. The van der Waals surface area contributed by atoms with Gasteiger partial charge in [-0.05, 0) is 29.8 Å². The summed E-state index contributed by atoms with van der Waals surface area (Å²) < 4.78 is 27.4. The number of hydrogen-bond donors (Lipinski definition) is 2. The summed E-state index contributed by atoms with van der Waals surface area (Å²) in [7, 11) is -3.55. The second-order valence-electron chi connectivity index (χ2n) is 6.94. The number of hydrogen-bond acceptors (Lipinski definition) is 6. The fourth-order valence-electron chi connectivity index (χ4n) is 3.35. The second-order valence-corrected chi connectivity index (χ2v) is 8.69. The molecule has 0 saturated carbocycles. The van der Waals surface area contributed by atoms with Crippen molar-refractivity contribution in [2.45, 2.75) is 6.54 Å². The molecule has 1 fully saturated rings. The van der Waals surface area contributed by atoms with Gasteiger partial charge in [-0.15, -0.1) is 4.40 Å². The van der Waals surface area contributed by atoms with Crippen molar-refractivity contribution in [2.24, 2.45) is 4.40 Å². The van der Waals surface area contributed by atoms with E-state index in [0.29, 0.717) is 19.6 Å². The van der Waals surface area contributed by atoms with Gasteiger partial charge < -0.3 is 20.4 Å². The van der Waals surface area contributed by atoms with Crippen molar-refractivity contribution in [1.29, 1.82) is 0 Å².